The number of amides is 2. The summed E-state index contributed by atoms with van der Waals surface area (Å²) in [4.78, 5) is 34.2. The van der Waals surface area contributed by atoms with Gasteiger partial charge in [0.15, 0.2) is 5.78 Å². The van der Waals surface area contributed by atoms with E-state index in [0.29, 0.717) is 24.1 Å². The number of rotatable bonds is 4. The molecule has 2 atom stereocenters. The number of hydrogen-bond donors (Lipinski definition) is 1. The molecule has 2 aliphatic rings. The van der Waals surface area contributed by atoms with Crippen molar-refractivity contribution in [3.63, 3.8) is 0 Å². The van der Waals surface area contributed by atoms with Crippen LogP contribution < -0.4 is 5.32 Å². The van der Waals surface area contributed by atoms with Crippen molar-refractivity contribution in [2.24, 2.45) is 0 Å². The van der Waals surface area contributed by atoms with Crippen molar-refractivity contribution in [1.82, 2.24) is 15.3 Å². The number of carbonyl (C=O) groups is 3. The molecule has 2 fully saturated rings. The Kier molecular flexibility index (Phi) is 5.35. The molecule has 2 heterocycles. The molecule has 2 aliphatic heterocycles. The second kappa shape index (κ2) is 7.08. The lowest BCUT2D eigenvalue weighted by atomic mass is 9.96. The van der Waals surface area contributed by atoms with Gasteiger partial charge in [-0.15, -0.1) is 0 Å². The molecule has 0 aromatic heterocycles. The van der Waals surface area contributed by atoms with E-state index in [4.69, 9.17) is 4.74 Å². The minimum atomic E-state index is -1.28. The lowest BCUT2D eigenvalue weighted by molar-refractivity contribution is -0.119. The fourth-order valence-corrected chi connectivity index (χ4v) is 2.76. The molecule has 128 valence electrons. The Morgan fingerprint density at radius 1 is 1.30 bits per heavy atom. The molecule has 0 aliphatic carbocycles. The summed E-state index contributed by atoms with van der Waals surface area (Å²) in [6.07, 6.45) is -1.87. The molecular formula is C15H22FN3O4. The van der Waals surface area contributed by atoms with Gasteiger partial charge in [0.1, 0.15) is 12.3 Å². The molecule has 0 saturated carbocycles. The van der Waals surface area contributed by atoms with Crippen LogP contribution >= 0.6 is 0 Å². The highest BCUT2D eigenvalue weighted by molar-refractivity contribution is 5.93. The number of carbonyl (C=O) groups excluding carboxylic acids is 3. The van der Waals surface area contributed by atoms with E-state index >= 15 is 0 Å². The van der Waals surface area contributed by atoms with Crippen molar-refractivity contribution in [2.75, 3.05) is 26.2 Å². The van der Waals surface area contributed by atoms with Crippen LogP contribution in [0.5, 0.6) is 0 Å². The van der Waals surface area contributed by atoms with Gasteiger partial charge in [-0.25, -0.2) is 19.2 Å². The fourth-order valence-electron chi connectivity index (χ4n) is 2.76. The van der Waals surface area contributed by atoms with E-state index in [1.807, 2.05) is 0 Å². The number of alkyl halides is 1. The minimum Gasteiger partial charge on any atom is -0.441 e. The first-order chi connectivity index (χ1) is 10.8. The predicted molar refractivity (Wildman–Crippen MR) is 80.1 cm³/mol. The Bertz CT molecular complexity index is 549. The van der Waals surface area contributed by atoms with E-state index in [1.165, 1.54) is 18.9 Å². The van der Waals surface area contributed by atoms with Crippen LogP contribution in [0.2, 0.25) is 0 Å². The summed E-state index contributed by atoms with van der Waals surface area (Å²) >= 11 is 0. The first kappa shape index (κ1) is 17.4. The summed E-state index contributed by atoms with van der Waals surface area (Å²) in [7, 11) is 0. The number of allylic oxidation sites excluding steroid dienone is 1. The number of halogens is 1. The normalized spacial score (nSPS) is 27.7. The van der Waals surface area contributed by atoms with E-state index in [2.05, 4.69) is 5.32 Å². The quantitative estimate of drug-likeness (QED) is 0.773. The molecule has 2 saturated heterocycles. The molecule has 0 bridgehead atoms. The van der Waals surface area contributed by atoms with Gasteiger partial charge in [0, 0.05) is 13.5 Å². The Balaban J connectivity index is 1.97. The maximum Gasteiger partial charge on any atom is 0.424 e. The highest BCUT2D eigenvalue weighted by Gasteiger charge is 2.38. The molecule has 0 aromatic rings. The highest BCUT2D eigenvalue weighted by Crippen LogP contribution is 2.26. The molecular weight excluding hydrogens is 305 g/mol. The Labute approximate surface area is 134 Å². The van der Waals surface area contributed by atoms with Crippen molar-refractivity contribution >= 4 is 17.8 Å². The third-order valence-electron chi connectivity index (χ3n) is 4.17. The maximum absolute atomic E-state index is 14.4. The van der Waals surface area contributed by atoms with E-state index in [1.54, 1.807) is 11.9 Å². The fraction of sp³-hybridized carbons (Fsp3) is 0.667. The van der Waals surface area contributed by atoms with Gasteiger partial charge in [-0.2, -0.15) is 0 Å². The second-order valence-corrected chi connectivity index (χ2v) is 5.86. The first-order valence-electron chi connectivity index (χ1n) is 7.61. The lowest BCUT2D eigenvalue weighted by Crippen LogP contribution is -2.50. The zero-order chi connectivity index (χ0) is 17.1. The summed E-state index contributed by atoms with van der Waals surface area (Å²) < 4.78 is 19.5. The van der Waals surface area contributed by atoms with Crippen molar-refractivity contribution in [2.45, 2.75) is 39.5 Å². The smallest absolute Gasteiger partial charge is 0.424 e. The summed E-state index contributed by atoms with van der Waals surface area (Å²) in [5.74, 6) is -0.331. The molecule has 2 rings (SSSR count). The third-order valence-corrected chi connectivity index (χ3v) is 4.17. The lowest BCUT2D eigenvalue weighted by Gasteiger charge is -2.36. The van der Waals surface area contributed by atoms with Gasteiger partial charge in [-0.3, -0.25) is 9.59 Å². The number of hydrogen-bond acceptors (Lipinski definition) is 5. The van der Waals surface area contributed by atoms with E-state index < -0.39 is 18.4 Å². The molecule has 0 aromatic carbocycles. The van der Waals surface area contributed by atoms with Crippen LogP contribution in [-0.4, -0.2) is 66.3 Å². The summed E-state index contributed by atoms with van der Waals surface area (Å²) in [5.41, 5.74) is 0.973. The second-order valence-electron chi connectivity index (χ2n) is 5.86. The zero-order valence-corrected chi connectivity index (χ0v) is 13.6. The number of Topliss-reactive ketones (excluding diaryl/α,β-unsaturated/α-hetero) is 1. The van der Waals surface area contributed by atoms with Crippen LogP contribution in [0.3, 0.4) is 0 Å². The van der Waals surface area contributed by atoms with Crippen LogP contribution in [0.15, 0.2) is 11.1 Å². The number of nitrogens with zero attached hydrogens (tertiary/aromatic N) is 2. The molecule has 23 heavy (non-hydrogen) atoms. The molecule has 8 heteroatoms. The van der Waals surface area contributed by atoms with E-state index in [0.717, 1.165) is 0 Å². The average Bonchev–Trinajstić information content (AvgIpc) is 2.85. The van der Waals surface area contributed by atoms with Crippen molar-refractivity contribution < 1.29 is 23.5 Å². The topological polar surface area (TPSA) is 79.0 Å². The van der Waals surface area contributed by atoms with Gasteiger partial charge in [-0.1, -0.05) is 0 Å². The Morgan fingerprint density at radius 3 is 2.57 bits per heavy atom. The largest absolute Gasteiger partial charge is 0.441 e. The number of ketones is 1. The van der Waals surface area contributed by atoms with Gasteiger partial charge in [-0.05, 0) is 31.4 Å². The average molecular weight is 327 g/mol. The predicted octanol–water partition coefficient (Wildman–Crippen LogP) is 0.808. The van der Waals surface area contributed by atoms with E-state index in [-0.39, 0.29) is 31.3 Å². The van der Waals surface area contributed by atoms with Crippen LogP contribution in [0.4, 0.5) is 9.18 Å². The number of nitrogens with one attached hydrogen (secondary N) is 1. The molecule has 0 unspecified atom stereocenters. The van der Waals surface area contributed by atoms with Gasteiger partial charge in [0.25, 0.3) is 0 Å². The minimum absolute atomic E-state index is 0.0158. The van der Waals surface area contributed by atoms with Crippen LogP contribution in [0.1, 0.15) is 27.2 Å². The Morgan fingerprint density at radius 2 is 2.00 bits per heavy atom. The summed E-state index contributed by atoms with van der Waals surface area (Å²) in [5, 5.41) is 5.58. The van der Waals surface area contributed by atoms with Gasteiger partial charge < -0.3 is 10.1 Å². The summed E-state index contributed by atoms with van der Waals surface area (Å²) in [6.45, 7) is 5.41. The third kappa shape index (κ3) is 4.07. The molecule has 1 N–H and O–H groups in total. The van der Waals surface area contributed by atoms with Gasteiger partial charge >= 0.3 is 6.09 Å². The Hall–Kier alpha value is -1.96. The molecule has 0 spiro atoms. The van der Waals surface area contributed by atoms with Crippen LogP contribution in [-0.2, 0) is 14.3 Å². The first-order valence-corrected chi connectivity index (χ1v) is 7.61. The summed E-state index contributed by atoms with van der Waals surface area (Å²) in [6, 6.07) is 0. The monoisotopic (exact) mass is 327 g/mol. The maximum atomic E-state index is 14.4. The molecule has 0 radical (unpaired) electrons. The van der Waals surface area contributed by atoms with Crippen LogP contribution in [0, 0.1) is 0 Å². The van der Waals surface area contributed by atoms with E-state index in [9.17, 15) is 18.8 Å². The zero-order valence-electron chi connectivity index (χ0n) is 13.6. The van der Waals surface area contributed by atoms with Gasteiger partial charge in [0.05, 0.1) is 19.6 Å². The number of ether oxygens (including phenoxy) is 1. The van der Waals surface area contributed by atoms with Crippen LogP contribution in [0.25, 0.3) is 0 Å². The van der Waals surface area contributed by atoms with Crippen molar-refractivity contribution in [1.29, 1.82) is 0 Å². The molecule has 7 nitrogen and oxygen atoms in total. The SMILES string of the molecule is CC(=O)NC[C@H]1CN(N2CC/C(=C(/C)C(C)=O)[C@H](F)C2)C(=O)O1. The standard InChI is InChI=1S/C15H22FN3O4/c1-9(10(2)20)13-4-5-18(8-14(13)16)19-7-12(23-15(19)22)6-17-11(3)21/h12,14H,4-8H2,1-3H3,(H,17,21)/b13-9+/t12-,14+/m0/s1. The number of piperidine rings is 1. The number of hydrazine groups is 1. The van der Waals surface area contributed by atoms with Crippen molar-refractivity contribution in [3.8, 4) is 0 Å². The van der Waals surface area contributed by atoms with Crippen molar-refractivity contribution in [3.05, 3.63) is 11.1 Å². The highest BCUT2D eigenvalue weighted by atomic mass is 19.1. The number of cyclic esters (lactones) is 1. The molecule has 2 amide bonds. The van der Waals surface area contributed by atoms with Gasteiger partial charge in [0.2, 0.25) is 5.91 Å².